The Kier molecular flexibility index (Phi) is 6.82. The van der Waals surface area contributed by atoms with Gasteiger partial charge >= 0.3 is 5.97 Å². The molecule has 0 fully saturated rings. The Hall–Kier alpha value is -2.33. The molecule has 0 spiro atoms. The third-order valence-electron chi connectivity index (χ3n) is 3.81. The zero-order valence-electron chi connectivity index (χ0n) is 14.6. The SMILES string of the molecule is COC(=O)c1ccc(CCc2ccc(OCCN(C)C)cc2)cc1. The first-order chi connectivity index (χ1) is 11.6. The van der Waals surface area contributed by atoms with E-state index in [0.717, 1.165) is 25.1 Å². The number of aryl methyl sites for hydroxylation is 2. The van der Waals surface area contributed by atoms with Crippen LogP contribution in [0.1, 0.15) is 21.5 Å². The molecule has 2 aromatic rings. The zero-order chi connectivity index (χ0) is 17.4. The highest BCUT2D eigenvalue weighted by atomic mass is 16.5. The highest BCUT2D eigenvalue weighted by Crippen LogP contribution is 2.15. The Morgan fingerprint density at radius 2 is 1.46 bits per heavy atom. The van der Waals surface area contributed by atoms with Crippen LogP contribution in [0.2, 0.25) is 0 Å². The van der Waals surface area contributed by atoms with Crippen LogP contribution >= 0.6 is 0 Å². The minimum Gasteiger partial charge on any atom is -0.492 e. The summed E-state index contributed by atoms with van der Waals surface area (Å²) < 4.78 is 10.4. The van der Waals surface area contributed by atoms with Gasteiger partial charge in [-0.25, -0.2) is 4.79 Å². The Labute approximate surface area is 144 Å². The Morgan fingerprint density at radius 3 is 1.96 bits per heavy atom. The number of hydrogen-bond acceptors (Lipinski definition) is 4. The van der Waals surface area contributed by atoms with Crippen molar-refractivity contribution in [3.05, 3.63) is 65.2 Å². The van der Waals surface area contributed by atoms with Gasteiger partial charge in [-0.1, -0.05) is 24.3 Å². The summed E-state index contributed by atoms with van der Waals surface area (Å²) in [4.78, 5) is 13.5. The first kappa shape index (κ1) is 18.0. The number of likely N-dealkylation sites (N-methyl/N-ethyl adjacent to an activating group) is 1. The van der Waals surface area contributed by atoms with Crippen LogP contribution in [0.15, 0.2) is 48.5 Å². The van der Waals surface area contributed by atoms with Gasteiger partial charge in [-0.15, -0.1) is 0 Å². The van der Waals surface area contributed by atoms with Gasteiger partial charge < -0.3 is 14.4 Å². The summed E-state index contributed by atoms with van der Waals surface area (Å²) >= 11 is 0. The summed E-state index contributed by atoms with van der Waals surface area (Å²) in [7, 11) is 5.46. The van der Waals surface area contributed by atoms with Gasteiger partial charge in [-0.2, -0.15) is 0 Å². The Bertz CT molecular complexity index is 633. The van der Waals surface area contributed by atoms with Crippen molar-refractivity contribution in [3.8, 4) is 5.75 Å². The molecule has 0 unspecified atom stereocenters. The van der Waals surface area contributed by atoms with Gasteiger partial charge in [0, 0.05) is 6.54 Å². The average Bonchev–Trinajstić information content (AvgIpc) is 2.60. The standard InChI is InChI=1S/C20H25NO3/c1-21(2)14-15-24-19-12-8-17(9-13-19)5-4-16-6-10-18(11-7-16)20(22)23-3/h6-13H,4-5,14-15H2,1-3H3. The van der Waals surface area contributed by atoms with Crippen LogP contribution in [0.5, 0.6) is 5.75 Å². The molecule has 128 valence electrons. The fourth-order valence-corrected chi connectivity index (χ4v) is 2.31. The summed E-state index contributed by atoms with van der Waals surface area (Å²) in [6.45, 7) is 1.60. The van der Waals surface area contributed by atoms with Crippen molar-refractivity contribution < 1.29 is 14.3 Å². The van der Waals surface area contributed by atoms with Crippen LogP contribution < -0.4 is 4.74 Å². The highest BCUT2D eigenvalue weighted by molar-refractivity contribution is 5.89. The van der Waals surface area contributed by atoms with Gasteiger partial charge in [0.05, 0.1) is 12.7 Å². The number of methoxy groups -OCH3 is 1. The van der Waals surface area contributed by atoms with Crippen LogP contribution in [-0.2, 0) is 17.6 Å². The number of esters is 1. The molecule has 24 heavy (non-hydrogen) atoms. The summed E-state index contributed by atoms with van der Waals surface area (Å²) in [6, 6.07) is 15.8. The van der Waals surface area contributed by atoms with E-state index < -0.39 is 0 Å². The van der Waals surface area contributed by atoms with Crippen molar-refractivity contribution in [3.63, 3.8) is 0 Å². The number of nitrogens with zero attached hydrogens (tertiary/aromatic N) is 1. The Balaban J connectivity index is 1.82. The van der Waals surface area contributed by atoms with Crippen molar-refractivity contribution >= 4 is 5.97 Å². The molecule has 0 aliphatic heterocycles. The van der Waals surface area contributed by atoms with Gasteiger partial charge in [0.25, 0.3) is 0 Å². The smallest absolute Gasteiger partial charge is 0.337 e. The molecule has 0 aliphatic rings. The normalized spacial score (nSPS) is 10.7. The molecule has 0 aromatic heterocycles. The van der Waals surface area contributed by atoms with Crippen LogP contribution in [0, 0.1) is 0 Å². The third kappa shape index (κ3) is 5.70. The van der Waals surface area contributed by atoms with E-state index in [-0.39, 0.29) is 5.97 Å². The highest BCUT2D eigenvalue weighted by Gasteiger charge is 2.04. The molecule has 0 N–H and O–H groups in total. The van der Waals surface area contributed by atoms with E-state index in [1.54, 1.807) is 0 Å². The predicted octanol–water partition coefficient (Wildman–Crippen LogP) is 3.20. The van der Waals surface area contributed by atoms with Crippen LogP contribution in [0.4, 0.5) is 0 Å². The van der Waals surface area contributed by atoms with Gasteiger partial charge in [-0.3, -0.25) is 0 Å². The molecule has 0 atom stereocenters. The quantitative estimate of drug-likeness (QED) is 0.698. The molecule has 4 nitrogen and oxygen atoms in total. The molecule has 0 amide bonds. The molecule has 2 aromatic carbocycles. The lowest BCUT2D eigenvalue weighted by Crippen LogP contribution is -2.19. The lowest BCUT2D eigenvalue weighted by molar-refractivity contribution is 0.0600. The van der Waals surface area contributed by atoms with Gasteiger partial charge in [-0.05, 0) is 62.3 Å². The zero-order valence-corrected chi connectivity index (χ0v) is 14.6. The van der Waals surface area contributed by atoms with E-state index in [1.807, 2.05) is 50.5 Å². The van der Waals surface area contributed by atoms with E-state index in [2.05, 4.69) is 17.0 Å². The average molecular weight is 327 g/mol. The predicted molar refractivity (Wildman–Crippen MR) is 95.7 cm³/mol. The maximum absolute atomic E-state index is 11.4. The lowest BCUT2D eigenvalue weighted by atomic mass is 10.0. The first-order valence-corrected chi connectivity index (χ1v) is 8.12. The molecule has 0 bridgehead atoms. The molecule has 2 rings (SSSR count). The molecule has 0 saturated carbocycles. The monoisotopic (exact) mass is 327 g/mol. The molecule has 0 heterocycles. The Morgan fingerprint density at radius 1 is 0.917 bits per heavy atom. The number of carbonyl (C=O) groups is 1. The van der Waals surface area contributed by atoms with E-state index in [9.17, 15) is 4.79 Å². The van der Waals surface area contributed by atoms with Crippen LogP contribution in [0.25, 0.3) is 0 Å². The first-order valence-electron chi connectivity index (χ1n) is 8.12. The van der Waals surface area contributed by atoms with E-state index in [1.165, 1.54) is 18.2 Å². The topological polar surface area (TPSA) is 38.8 Å². The molecule has 0 saturated heterocycles. The molecular weight excluding hydrogens is 302 g/mol. The van der Waals surface area contributed by atoms with E-state index in [0.29, 0.717) is 12.2 Å². The van der Waals surface area contributed by atoms with Crippen molar-refractivity contribution in [2.24, 2.45) is 0 Å². The maximum atomic E-state index is 11.4. The minimum absolute atomic E-state index is 0.300. The molecule has 0 radical (unpaired) electrons. The second-order valence-electron chi connectivity index (χ2n) is 5.98. The number of benzene rings is 2. The van der Waals surface area contributed by atoms with Crippen LogP contribution in [0.3, 0.4) is 0 Å². The van der Waals surface area contributed by atoms with Gasteiger partial charge in [0.2, 0.25) is 0 Å². The van der Waals surface area contributed by atoms with Gasteiger partial charge in [0.1, 0.15) is 12.4 Å². The minimum atomic E-state index is -0.300. The summed E-state index contributed by atoms with van der Waals surface area (Å²) in [6.07, 6.45) is 1.89. The van der Waals surface area contributed by atoms with Crippen molar-refractivity contribution in [1.82, 2.24) is 4.90 Å². The maximum Gasteiger partial charge on any atom is 0.337 e. The third-order valence-corrected chi connectivity index (χ3v) is 3.81. The summed E-state index contributed by atoms with van der Waals surface area (Å²) in [5.41, 5.74) is 3.06. The lowest BCUT2D eigenvalue weighted by Gasteiger charge is -2.11. The van der Waals surface area contributed by atoms with Crippen molar-refractivity contribution in [2.45, 2.75) is 12.8 Å². The van der Waals surface area contributed by atoms with Crippen molar-refractivity contribution in [2.75, 3.05) is 34.4 Å². The number of carbonyl (C=O) groups excluding carboxylic acids is 1. The summed E-state index contributed by atoms with van der Waals surface area (Å²) in [5.74, 6) is 0.606. The molecule has 4 heteroatoms. The number of hydrogen-bond donors (Lipinski definition) is 0. The fraction of sp³-hybridized carbons (Fsp3) is 0.350. The van der Waals surface area contributed by atoms with Gasteiger partial charge in [0.15, 0.2) is 0 Å². The second-order valence-corrected chi connectivity index (χ2v) is 5.98. The fourth-order valence-electron chi connectivity index (χ4n) is 2.31. The van der Waals surface area contributed by atoms with Crippen molar-refractivity contribution in [1.29, 1.82) is 0 Å². The number of rotatable bonds is 8. The molecule has 0 aliphatic carbocycles. The second kappa shape index (κ2) is 9.08. The molecular formula is C20H25NO3. The van der Waals surface area contributed by atoms with E-state index in [4.69, 9.17) is 9.47 Å². The number of ether oxygens (including phenoxy) is 2. The largest absolute Gasteiger partial charge is 0.492 e. The summed E-state index contributed by atoms with van der Waals surface area (Å²) in [5, 5.41) is 0. The van der Waals surface area contributed by atoms with E-state index >= 15 is 0 Å². The van der Waals surface area contributed by atoms with Crippen LogP contribution in [-0.4, -0.2) is 45.2 Å².